The maximum atomic E-state index is 14.2. The number of halogens is 1. The Morgan fingerprint density at radius 2 is 1.86 bits per heavy atom. The monoisotopic (exact) mass is 422 g/mol. The third-order valence-electron chi connectivity index (χ3n) is 4.58. The van der Waals surface area contributed by atoms with Crippen molar-refractivity contribution in [1.29, 1.82) is 0 Å². The maximum Gasteiger partial charge on any atom is 0.254 e. The van der Waals surface area contributed by atoms with Crippen molar-refractivity contribution in [3.05, 3.63) is 53.8 Å². The number of rotatable bonds is 7. The number of amides is 1. The molecule has 29 heavy (non-hydrogen) atoms. The number of sulfonamides is 1. The molecule has 156 valence electrons. The fourth-order valence-electron chi connectivity index (χ4n) is 3.02. The summed E-state index contributed by atoms with van der Waals surface area (Å²) >= 11 is 0. The van der Waals surface area contributed by atoms with Gasteiger partial charge in [-0.25, -0.2) is 12.8 Å². The van der Waals surface area contributed by atoms with E-state index in [-0.39, 0.29) is 36.7 Å². The van der Waals surface area contributed by atoms with E-state index in [4.69, 9.17) is 9.47 Å². The van der Waals surface area contributed by atoms with Gasteiger partial charge in [0.25, 0.3) is 5.91 Å². The number of nitrogens with zero attached hydrogens (tertiary/aromatic N) is 1. The molecule has 7 nitrogen and oxygen atoms in total. The van der Waals surface area contributed by atoms with Crippen LogP contribution in [0.3, 0.4) is 0 Å². The van der Waals surface area contributed by atoms with Gasteiger partial charge in [0.1, 0.15) is 18.5 Å². The van der Waals surface area contributed by atoms with Crippen LogP contribution in [0.5, 0.6) is 11.5 Å². The second-order valence-electron chi connectivity index (χ2n) is 6.44. The van der Waals surface area contributed by atoms with Gasteiger partial charge >= 0.3 is 0 Å². The Labute approximate surface area is 169 Å². The molecule has 1 N–H and O–H groups in total. The first-order valence-electron chi connectivity index (χ1n) is 9.33. The van der Waals surface area contributed by atoms with Crippen molar-refractivity contribution in [2.45, 2.75) is 24.8 Å². The van der Waals surface area contributed by atoms with E-state index in [1.807, 2.05) is 6.07 Å². The van der Waals surface area contributed by atoms with E-state index in [1.54, 1.807) is 32.0 Å². The Kier molecular flexibility index (Phi) is 6.39. The average Bonchev–Trinajstić information content (AvgIpc) is 2.72. The number of carbonyl (C=O) groups is 1. The van der Waals surface area contributed by atoms with E-state index in [0.29, 0.717) is 11.5 Å². The highest BCUT2D eigenvalue weighted by molar-refractivity contribution is 7.89. The normalized spacial score (nSPS) is 15.9. The van der Waals surface area contributed by atoms with Crippen molar-refractivity contribution in [2.24, 2.45) is 0 Å². The SMILES string of the molecule is CCN(CC)S(=O)(=O)c1ccc(F)c(C(=O)NC[C@H]2COc3ccccc3O2)c1. The van der Waals surface area contributed by atoms with E-state index in [2.05, 4.69) is 5.32 Å². The molecule has 0 aromatic heterocycles. The predicted octanol–water partition coefficient (Wildman–Crippen LogP) is 2.43. The molecular formula is C20H23FN2O5S. The highest BCUT2D eigenvalue weighted by atomic mass is 32.2. The third-order valence-corrected chi connectivity index (χ3v) is 6.63. The molecule has 1 atom stereocenters. The summed E-state index contributed by atoms with van der Waals surface area (Å²) in [5.74, 6) is -0.333. The molecular weight excluding hydrogens is 399 g/mol. The summed E-state index contributed by atoms with van der Waals surface area (Å²) in [6, 6.07) is 10.4. The van der Waals surface area contributed by atoms with Gasteiger partial charge in [0, 0.05) is 13.1 Å². The second kappa shape index (κ2) is 8.79. The van der Waals surface area contributed by atoms with Gasteiger partial charge in [-0.2, -0.15) is 4.31 Å². The lowest BCUT2D eigenvalue weighted by atomic mass is 10.2. The zero-order valence-corrected chi connectivity index (χ0v) is 17.0. The molecule has 0 bridgehead atoms. The van der Waals surface area contributed by atoms with Crippen LogP contribution in [0.15, 0.2) is 47.4 Å². The largest absolute Gasteiger partial charge is 0.486 e. The number of hydrogen-bond donors (Lipinski definition) is 1. The number of hydrogen-bond acceptors (Lipinski definition) is 5. The minimum atomic E-state index is -3.80. The Bertz CT molecular complexity index is 992. The first-order valence-corrected chi connectivity index (χ1v) is 10.8. The summed E-state index contributed by atoms with van der Waals surface area (Å²) in [5, 5.41) is 2.58. The Morgan fingerprint density at radius 1 is 1.17 bits per heavy atom. The zero-order chi connectivity index (χ0) is 21.0. The first-order chi connectivity index (χ1) is 13.9. The highest BCUT2D eigenvalue weighted by Gasteiger charge is 2.25. The van der Waals surface area contributed by atoms with E-state index in [9.17, 15) is 17.6 Å². The highest BCUT2D eigenvalue weighted by Crippen LogP contribution is 2.30. The van der Waals surface area contributed by atoms with E-state index in [0.717, 1.165) is 18.2 Å². The number of para-hydroxylation sites is 2. The van der Waals surface area contributed by atoms with Crippen LogP contribution in [0.1, 0.15) is 24.2 Å². The van der Waals surface area contributed by atoms with Crippen LogP contribution in [-0.4, -0.2) is 51.0 Å². The molecule has 1 heterocycles. The summed E-state index contributed by atoms with van der Waals surface area (Å²) in [7, 11) is -3.80. The van der Waals surface area contributed by atoms with Crippen LogP contribution in [0.2, 0.25) is 0 Å². The molecule has 0 fully saturated rings. The van der Waals surface area contributed by atoms with Crippen molar-refractivity contribution < 1.29 is 27.1 Å². The van der Waals surface area contributed by atoms with E-state index >= 15 is 0 Å². The van der Waals surface area contributed by atoms with Gasteiger partial charge in [0.05, 0.1) is 17.0 Å². The van der Waals surface area contributed by atoms with Gasteiger partial charge in [-0.05, 0) is 30.3 Å². The standard InChI is InChI=1S/C20H23FN2O5S/c1-3-23(4-2)29(25,26)15-9-10-17(21)16(11-15)20(24)22-12-14-13-27-18-7-5-6-8-19(18)28-14/h5-11,14H,3-4,12-13H2,1-2H3,(H,22,24)/t14-/m0/s1. The smallest absolute Gasteiger partial charge is 0.254 e. The molecule has 0 saturated heterocycles. The van der Waals surface area contributed by atoms with E-state index < -0.39 is 27.9 Å². The van der Waals surface area contributed by atoms with Crippen molar-refractivity contribution >= 4 is 15.9 Å². The van der Waals surface area contributed by atoms with Gasteiger partial charge in [0.15, 0.2) is 11.5 Å². The molecule has 2 aromatic carbocycles. The lowest BCUT2D eigenvalue weighted by molar-refractivity contribution is 0.0787. The lowest BCUT2D eigenvalue weighted by Gasteiger charge is -2.26. The predicted molar refractivity (Wildman–Crippen MR) is 105 cm³/mol. The molecule has 0 spiro atoms. The molecule has 1 aliphatic rings. The van der Waals surface area contributed by atoms with Gasteiger partial charge in [-0.3, -0.25) is 4.79 Å². The van der Waals surface area contributed by atoms with Gasteiger partial charge in [-0.1, -0.05) is 26.0 Å². The number of nitrogens with one attached hydrogen (secondary N) is 1. The molecule has 2 aromatic rings. The summed E-state index contributed by atoms with van der Waals surface area (Å²) in [6.45, 7) is 4.29. The number of fused-ring (bicyclic) bond motifs is 1. The van der Waals surface area contributed by atoms with Crippen LogP contribution in [-0.2, 0) is 10.0 Å². The molecule has 0 radical (unpaired) electrons. The first kappa shape index (κ1) is 21.1. The Morgan fingerprint density at radius 3 is 2.55 bits per heavy atom. The summed E-state index contributed by atoms with van der Waals surface area (Å²) < 4.78 is 52.1. The lowest BCUT2D eigenvalue weighted by Crippen LogP contribution is -2.41. The van der Waals surface area contributed by atoms with Gasteiger partial charge in [0.2, 0.25) is 10.0 Å². The maximum absolute atomic E-state index is 14.2. The summed E-state index contributed by atoms with van der Waals surface area (Å²) in [4.78, 5) is 12.4. The Balaban J connectivity index is 1.71. The number of ether oxygens (including phenoxy) is 2. The van der Waals surface area contributed by atoms with Crippen LogP contribution < -0.4 is 14.8 Å². The fraction of sp³-hybridized carbons (Fsp3) is 0.350. The fourth-order valence-corrected chi connectivity index (χ4v) is 4.50. The number of carbonyl (C=O) groups excluding carboxylic acids is 1. The summed E-state index contributed by atoms with van der Waals surface area (Å²) in [5.41, 5.74) is -0.338. The molecule has 0 aliphatic carbocycles. The molecule has 0 unspecified atom stereocenters. The topological polar surface area (TPSA) is 84.9 Å². The summed E-state index contributed by atoms with van der Waals surface area (Å²) in [6.07, 6.45) is -0.445. The molecule has 1 amide bonds. The minimum Gasteiger partial charge on any atom is -0.486 e. The van der Waals surface area contributed by atoms with Crippen molar-refractivity contribution in [2.75, 3.05) is 26.2 Å². The van der Waals surface area contributed by atoms with Crippen molar-refractivity contribution in [1.82, 2.24) is 9.62 Å². The van der Waals surface area contributed by atoms with Crippen LogP contribution in [0, 0.1) is 5.82 Å². The van der Waals surface area contributed by atoms with E-state index in [1.165, 1.54) is 4.31 Å². The molecule has 3 rings (SSSR count). The van der Waals surface area contributed by atoms with Gasteiger partial charge in [-0.15, -0.1) is 0 Å². The van der Waals surface area contributed by atoms with Crippen LogP contribution in [0.25, 0.3) is 0 Å². The second-order valence-corrected chi connectivity index (χ2v) is 8.38. The molecule has 9 heteroatoms. The third kappa shape index (κ3) is 4.51. The minimum absolute atomic E-state index is 0.0830. The van der Waals surface area contributed by atoms with Crippen molar-refractivity contribution in [3.63, 3.8) is 0 Å². The molecule has 0 saturated carbocycles. The van der Waals surface area contributed by atoms with Crippen LogP contribution >= 0.6 is 0 Å². The van der Waals surface area contributed by atoms with Crippen LogP contribution in [0.4, 0.5) is 4.39 Å². The van der Waals surface area contributed by atoms with Gasteiger partial charge < -0.3 is 14.8 Å². The quantitative estimate of drug-likeness (QED) is 0.741. The molecule has 1 aliphatic heterocycles. The zero-order valence-electron chi connectivity index (χ0n) is 16.2. The average molecular weight is 422 g/mol. The van der Waals surface area contributed by atoms with Crippen molar-refractivity contribution in [3.8, 4) is 11.5 Å². The Hall–Kier alpha value is -2.65. The number of benzene rings is 2.